The lowest BCUT2D eigenvalue weighted by Crippen LogP contribution is -2.57. The van der Waals surface area contributed by atoms with Crippen LogP contribution in [0, 0.1) is 6.92 Å². The van der Waals surface area contributed by atoms with Crippen LogP contribution in [-0.4, -0.2) is 83.1 Å². The minimum Gasteiger partial charge on any atom is -0.372 e. The van der Waals surface area contributed by atoms with Gasteiger partial charge in [-0.05, 0) is 27.7 Å². The van der Waals surface area contributed by atoms with Crippen LogP contribution in [0.5, 0.6) is 0 Å². The molecule has 0 radical (unpaired) electrons. The summed E-state index contributed by atoms with van der Waals surface area (Å²) >= 11 is 1.71. The number of nitrogens with zero attached hydrogens (tertiary/aromatic N) is 4. The molecule has 25 heavy (non-hydrogen) atoms. The number of amides is 1. The number of piperazine rings is 1. The van der Waals surface area contributed by atoms with Crippen molar-refractivity contribution < 1.29 is 9.53 Å². The fraction of sp³-hybridized carbons (Fsp3) is 0.778. The van der Waals surface area contributed by atoms with E-state index < -0.39 is 0 Å². The van der Waals surface area contributed by atoms with Crippen LogP contribution in [0.4, 0.5) is 0 Å². The number of morpholine rings is 1. The predicted molar refractivity (Wildman–Crippen MR) is 99.8 cm³/mol. The summed E-state index contributed by atoms with van der Waals surface area (Å²) in [5.74, 6) is 0.241. The van der Waals surface area contributed by atoms with E-state index in [1.165, 1.54) is 0 Å². The van der Waals surface area contributed by atoms with Gasteiger partial charge < -0.3 is 9.64 Å². The van der Waals surface area contributed by atoms with Crippen molar-refractivity contribution in [2.75, 3.05) is 39.3 Å². The van der Waals surface area contributed by atoms with Crippen molar-refractivity contribution >= 4 is 17.2 Å². The van der Waals surface area contributed by atoms with Crippen molar-refractivity contribution in [1.82, 2.24) is 19.7 Å². The van der Waals surface area contributed by atoms with Gasteiger partial charge in [0.15, 0.2) is 0 Å². The SMILES string of the molecule is Cc1nc(CN2CCN(C(C)C(=O)N3CC(C)OC(C)C3)CC2)cs1. The molecule has 3 rings (SSSR count). The Morgan fingerprint density at radius 2 is 1.92 bits per heavy atom. The molecule has 1 amide bonds. The molecule has 2 aliphatic rings. The summed E-state index contributed by atoms with van der Waals surface area (Å²) in [6.45, 7) is 14.4. The fourth-order valence-electron chi connectivity index (χ4n) is 3.80. The molecule has 0 aromatic carbocycles. The summed E-state index contributed by atoms with van der Waals surface area (Å²) in [6, 6.07) is -0.0545. The van der Waals surface area contributed by atoms with Gasteiger partial charge in [0.2, 0.25) is 5.91 Å². The minimum atomic E-state index is -0.0545. The van der Waals surface area contributed by atoms with Crippen LogP contribution in [0.2, 0.25) is 0 Å². The van der Waals surface area contributed by atoms with Crippen molar-refractivity contribution in [2.45, 2.75) is 52.5 Å². The maximum atomic E-state index is 12.9. The zero-order chi connectivity index (χ0) is 18.0. The average molecular weight is 367 g/mol. The molecule has 6 nitrogen and oxygen atoms in total. The van der Waals surface area contributed by atoms with Gasteiger partial charge in [-0.1, -0.05) is 0 Å². The van der Waals surface area contributed by atoms with Crippen molar-refractivity contribution in [2.24, 2.45) is 0 Å². The van der Waals surface area contributed by atoms with Gasteiger partial charge in [-0.2, -0.15) is 0 Å². The summed E-state index contributed by atoms with van der Waals surface area (Å²) < 4.78 is 5.74. The van der Waals surface area contributed by atoms with E-state index >= 15 is 0 Å². The van der Waals surface area contributed by atoms with Gasteiger partial charge in [-0.15, -0.1) is 11.3 Å². The van der Waals surface area contributed by atoms with E-state index in [1.807, 2.05) is 32.6 Å². The first-order chi connectivity index (χ1) is 11.9. The van der Waals surface area contributed by atoms with Crippen LogP contribution in [0.3, 0.4) is 0 Å². The molecule has 140 valence electrons. The fourth-order valence-corrected chi connectivity index (χ4v) is 4.40. The average Bonchev–Trinajstić information content (AvgIpc) is 2.98. The number of aromatic nitrogens is 1. The summed E-state index contributed by atoms with van der Waals surface area (Å²) in [4.78, 5) is 24.2. The number of carbonyl (C=O) groups excluding carboxylic acids is 1. The second-order valence-electron chi connectivity index (χ2n) is 7.35. The lowest BCUT2D eigenvalue weighted by molar-refractivity contribution is -0.148. The van der Waals surface area contributed by atoms with E-state index in [0.717, 1.165) is 43.4 Å². The Morgan fingerprint density at radius 1 is 1.28 bits per heavy atom. The lowest BCUT2D eigenvalue weighted by atomic mass is 10.1. The van der Waals surface area contributed by atoms with Crippen molar-refractivity contribution in [3.05, 3.63) is 16.1 Å². The van der Waals surface area contributed by atoms with Gasteiger partial charge in [-0.3, -0.25) is 14.6 Å². The van der Waals surface area contributed by atoms with Crippen LogP contribution in [0.25, 0.3) is 0 Å². The first kappa shape index (κ1) is 18.8. The summed E-state index contributed by atoms with van der Waals surface area (Å²) in [6.07, 6.45) is 0.247. The molecule has 0 N–H and O–H groups in total. The van der Waals surface area contributed by atoms with E-state index in [4.69, 9.17) is 4.74 Å². The third kappa shape index (κ3) is 4.78. The Balaban J connectivity index is 1.49. The molecule has 1 aromatic heterocycles. The van der Waals surface area contributed by atoms with Crippen LogP contribution >= 0.6 is 11.3 Å². The molecular formula is C18H30N4O2S. The van der Waals surface area contributed by atoms with Crippen LogP contribution in [0.15, 0.2) is 5.38 Å². The number of carbonyl (C=O) groups is 1. The number of hydrogen-bond acceptors (Lipinski definition) is 6. The first-order valence-corrected chi connectivity index (χ1v) is 10.1. The Hall–Kier alpha value is -1.02. The molecule has 0 spiro atoms. The molecular weight excluding hydrogens is 336 g/mol. The second-order valence-corrected chi connectivity index (χ2v) is 8.41. The maximum absolute atomic E-state index is 12.9. The molecule has 3 heterocycles. The number of rotatable bonds is 4. The molecule has 3 atom stereocenters. The normalized spacial score (nSPS) is 27.4. The van der Waals surface area contributed by atoms with Crippen LogP contribution < -0.4 is 0 Å². The Morgan fingerprint density at radius 3 is 2.48 bits per heavy atom. The third-order valence-corrected chi connectivity index (χ3v) is 5.92. The number of hydrogen-bond donors (Lipinski definition) is 0. The third-order valence-electron chi connectivity index (χ3n) is 5.10. The molecule has 2 saturated heterocycles. The molecule has 7 heteroatoms. The quantitative estimate of drug-likeness (QED) is 0.810. The van der Waals surface area contributed by atoms with E-state index in [2.05, 4.69) is 20.2 Å². The largest absolute Gasteiger partial charge is 0.372 e. The van der Waals surface area contributed by atoms with Gasteiger partial charge in [-0.25, -0.2) is 4.98 Å². The van der Waals surface area contributed by atoms with Gasteiger partial charge in [0, 0.05) is 51.2 Å². The number of aryl methyl sites for hydroxylation is 1. The van der Waals surface area contributed by atoms with Crippen LogP contribution in [0.1, 0.15) is 31.5 Å². The van der Waals surface area contributed by atoms with Crippen LogP contribution in [-0.2, 0) is 16.1 Å². The van der Waals surface area contributed by atoms with E-state index in [-0.39, 0.29) is 24.2 Å². The summed E-state index contributed by atoms with van der Waals surface area (Å²) in [5, 5.41) is 3.27. The number of ether oxygens (including phenoxy) is 1. The zero-order valence-corrected chi connectivity index (χ0v) is 16.6. The highest BCUT2D eigenvalue weighted by molar-refractivity contribution is 7.09. The topological polar surface area (TPSA) is 48.9 Å². The minimum absolute atomic E-state index is 0.0545. The Kier molecular flexibility index (Phi) is 6.09. The standard InChI is InChI=1S/C18H30N4O2S/c1-13-9-22(10-14(2)24-13)18(23)15(3)21-7-5-20(6-8-21)11-17-12-25-16(4)19-17/h12-15H,5-11H2,1-4H3. The van der Waals surface area contributed by atoms with Gasteiger partial charge >= 0.3 is 0 Å². The Bertz CT molecular complexity index is 575. The monoisotopic (exact) mass is 366 g/mol. The van der Waals surface area contributed by atoms with Gasteiger partial charge in [0.1, 0.15) is 0 Å². The van der Waals surface area contributed by atoms with Crippen molar-refractivity contribution in [3.8, 4) is 0 Å². The van der Waals surface area contributed by atoms with E-state index in [1.54, 1.807) is 11.3 Å². The highest BCUT2D eigenvalue weighted by atomic mass is 32.1. The summed E-state index contributed by atoms with van der Waals surface area (Å²) in [7, 11) is 0. The predicted octanol–water partition coefficient (Wildman–Crippen LogP) is 1.59. The van der Waals surface area contributed by atoms with E-state index in [9.17, 15) is 4.79 Å². The molecule has 1 aromatic rings. The van der Waals surface area contributed by atoms with Crippen molar-refractivity contribution in [3.63, 3.8) is 0 Å². The van der Waals surface area contributed by atoms with Gasteiger partial charge in [0.25, 0.3) is 0 Å². The molecule has 3 unspecified atom stereocenters. The molecule has 0 saturated carbocycles. The lowest BCUT2D eigenvalue weighted by Gasteiger charge is -2.41. The second kappa shape index (κ2) is 8.12. The molecule has 2 fully saturated rings. The smallest absolute Gasteiger partial charge is 0.239 e. The summed E-state index contributed by atoms with van der Waals surface area (Å²) in [5.41, 5.74) is 1.16. The van der Waals surface area contributed by atoms with Gasteiger partial charge in [0.05, 0.1) is 29.0 Å². The maximum Gasteiger partial charge on any atom is 0.239 e. The van der Waals surface area contributed by atoms with E-state index in [0.29, 0.717) is 13.1 Å². The zero-order valence-electron chi connectivity index (χ0n) is 15.8. The highest BCUT2D eigenvalue weighted by Gasteiger charge is 2.32. The molecule has 0 bridgehead atoms. The molecule has 0 aliphatic carbocycles. The first-order valence-electron chi connectivity index (χ1n) is 9.24. The Labute approximate surface area is 154 Å². The van der Waals surface area contributed by atoms with Crippen molar-refractivity contribution in [1.29, 1.82) is 0 Å². The molecule has 2 aliphatic heterocycles. The highest BCUT2D eigenvalue weighted by Crippen LogP contribution is 2.16. The number of thiazole rings is 1.